The van der Waals surface area contributed by atoms with Crippen molar-refractivity contribution in [1.29, 1.82) is 0 Å². The number of carbonyl (C=O) groups excluding carboxylic acids is 1. The lowest BCUT2D eigenvalue weighted by Crippen LogP contribution is -2.49. The number of rotatable bonds is 6. The van der Waals surface area contributed by atoms with E-state index in [1.165, 1.54) is 5.56 Å². The molecule has 0 spiro atoms. The molecule has 6 heteroatoms. The average molecular weight is 382 g/mol. The molecule has 0 unspecified atom stereocenters. The molecule has 4 rings (SSSR count). The van der Waals surface area contributed by atoms with Crippen molar-refractivity contribution < 1.29 is 19.0 Å². The SMILES string of the molecule is CCc1ccc(C(=O)N2CCN(CCOc3ccc4c(c3)OCO4)CC2)cc1. The highest BCUT2D eigenvalue weighted by Gasteiger charge is 2.22. The van der Waals surface area contributed by atoms with Crippen LogP contribution in [0.4, 0.5) is 0 Å². The highest BCUT2D eigenvalue weighted by Crippen LogP contribution is 2.35. The number of piperazine rings is 1. The van der Waals surface area contributed by atoms with Crippen LogP contribution in [0.3, 0.4) is 0 Å². The molecule has 28 heavy (non-hydrogen) atoms. The number of benzene rings is 2. The zero-order valence-electron chi connectivity index (χ0n) is 16.2. The summed E-state index contributed by atoms with van der Waals surface area (Å²) in [5.74, 6) is 2.40. The van der Waals surface area contributed by atoms with E-state index in [1.54, 1.807) is 0 Å². The van der Waals surface area contributed by atoms with E-state index in [9.17, 15) is 4.79 Å². The summed E-state index contributed by atoms with van der Waals surface area (Å²) in [4.78, 5) is 16.9. The molecule has 1 amide bonds. The molecule has 0 radical (unpaired) electrons. The Kier molecular flexibility index (Phi) is 5.67. The van der Waals surface area contributed by atoms with Gasteiger partial charge in [0.05, 0.1) is 0 Å². The van der Waals surface area contributed by atoms with Crippen LogP contribution in [0, 0.1) is 0 Å². The van der Waals surface area contributed by atoms with E-state index >= 15 is 0 Å². The predicted molar refractivity (Wildman–Crippen MR) is 106 cm³/mol. The third-order valence-corrected chi connectivity index (χ3v) is 5.29. The van der Waals surface area contributed by atoms with Crippen molar-refractivity contribution in [3.8, 4) is 17.2 Å². The number of hydrogen-bond acceptors (Lipinski definition) is 5. The standard InChI is InChI=1S/C22H26N2O4/c1-2-17-3-5-18(6-4-17)22(25)24-11-9-23(10-12-24)13-14-26-19-7-8-20-21(15-19)28-16-27-20/h3-8,15H,2,9-14,16H2,1H3. The van der Waals surface area contributed by atoms with Gasteiger partial charge < -0.3 is 19.1 Å². The highest BCUT2D eigenvalue weighted by molar-refractivity contribution is 5.94. The first kappa shape index (κ1) is 18.6. The Morgan fingerprint density at radius 1 is 1.00 bits per heavy atom. The van der Waals surface area contributed by atoms with Gasteiger partial charge in [0.2, 0.25) is 6.79 Å². The Bertz CT molecular complexity index is 814. The Morgan fingerprint density at radius 3 is 2.50 bits per heavy atom. The second kappa shape index (κ2) is 8.52. The van der Waals surface area contributed by atoms with Gasteiger partial charge in [-0.25, -0.2) is 0 Å². The molecule has 2 aromatic carbocycles. The quantitative estimate of drug-likeness (QED) is 0.769. The Balaban J connectivity index is 1.21. The van der Waals surface area contributed by atoms with Crippen molar-refractivity contribution in [2.75, 3.05) is 46.1 Å². The number of nitrogens with zero attached hydrogens (tertiary/aromatic N) is 2. The van der Waals surface area contributed by atoms with Gasteiger partial charge >= 0.3 is 0 Å². The van der Waals surface area contributed by atoms with E-state index in [-0.39, 0.29) is 12.7 Å². The lowest BCUT2D eigenvalue weighted by molar-refractivity contribution is 0.0620. The van der Waals surface area contributed by atoms with E-state index in [2.05, 4.69) is 11.8 Å². The maximum Gasteiger partial charge on any atom is 0.253 e. The van der Waals surface area contributed by atoms with Crippen LogP contribution in [0.2, 0.25) is 0 Å². The molecule has 0 bridgehead atoms. The maximum atomic E-state index is 12.7. The number of amides is 1. The van der Waals surface area contributed by atoms with Crippen LogP contribution in [0.15, 0.2) is 42.5 Å². The predicted octanol–water partition coefficient (Wildman–Crippen LogP) is 2.81. The van der Waals surface area contributed by atoms with Crippen LogP contribution in [-0.2, 0) is 6.42 Å². The second-order valence-corrected chi connectivity index (χ2v) is 7.05. The maximum absolute atomic E-state index is 12.7. The lowest BCUT2D eigenvalue weighted by atomic mass is 10.1. The van der Waals surface area contributed by atoms with Crippen molar-refractivity contribution >= 4 is 5.91 Å². The third-order valence-electron chi connectivity index (χ3n) is 5.29. The first-order valence-corrected chi connectivity index (χ1v) is 9.86. The summed E-state index contributed by atoms with van der Waals surface area (Å²) in [5, 5.41) is 0. The summed E-state index contributed by atoms with van der Waals surface area (Å²) < 4.78 is 16.5. The fourth-order valence-electron chi connectivity index (χ4n) is 3.50. The number of carbonyl (C=O) groups is 1. The van der Waals surface area contributed by atoms with Gasteiger partial charge in [0.25, 0.3) is 5.91 Å². The van der Waals surface area contributed by atoms with Crippen LogP contribution in [0.1, 0.15) is 22.8 Å². The van der Waals surface area contributed by atoms with E-state index in [0.717, 1.165) is 62.0 Å². The summed E-state index contributed by atoms with van der Waals surface area (Å²) in [6, 6.07) is 13.6. The molecule has 1 saturated heterocycles. The summed E-state index contributed by atoms with van der Waals surface area (Å²) in [6.45, 7) is 7.05. The summed E-state index contributed by atoms with van der Waals surface area (Å²) >= 11 is 0. The zero-order valence-corrected chi connectivity index (χ0v) is 16.2. The minimum absolute atomic E-state index is 0.124. The van der Waals surface area contributed by atoms with Gasteiger partial charge in [-0.3, -0.25) is 9.69 Å². The molecular weight excluding hydrogens is 356 g/mol. The molecule has 0 aromatic heterocycles. The Labute approximate surface area is 165 Å². The van der Waals surface area contributed by atoms with Gasteiger partial charge in [0.15, 0.2) is 11.5 Å². The lowest BCUT2D eigenvalue weighted by Gasteiger charge is -2.34. The first-order valence-electron chi connectivity index (χ1n) is 9.86. The second-order valence-electron chi connectivity index (χ2n) is 7.05. The fraction of sp³-hybridized carbons (Fsp3) is 0.409. The van der Waals surface area contributed by atoms with Crippen molar-refractivity contribution in [1.82, 2.24) is 9.80 Å². The number of aryl methyl sites for hydroxylation is 1. The molecular formula is C22H26N2O4. The van der Waals surface area contributed by atoms with E-state index < -0.39 is 0 Å². The van der Waals surface area contributed by atoms with Crippen LogP contribution >= 0.6 is 0 Å². The molecule has 0 saturated carbocycles. The minimum Gasteiger partial charge on any atom is -0.492 e. The van der Waals surface area contributed by atoms with E-state index in [4.69, 9.17) is 14.2 Å². The monoisotopic (exact) mass is 382 g/mol. The largest absolute Gasteiger partial charge is 0.492 e. The zero-order chi connectivity index (χ0) is 19.3. The molecule has 2 aliphatic heterocycles. The van der Waals surface area contributed by atoms with Crippen molar-refractivity contribution in [2.45, 2.75) is 13.3 Å². The molecule has 0 atom stereocenters. The topological polar surface area (TPSA) is 51.2 Å². The van der Waals surface area contributed by atoms with Gasteiger partial charge in [0, 0.05) is 44.4 Å². The molecule has 1 fully saturated rings. The third kappa shape index (κ3) is 4.22. The van der Waals surface area contributed by atoms with Crippen molar-refractivity contribution in [3.05, 3.63) is 53.6 Å². The molecule has 6 nitrogen and oxygen atoms in total. The highest BCUT2D eigenvalue weighted by atomic mass is 16.7. The fourth-order valence-corrected chi connectivity index (χ4v) is 3.50. The molecule has 2 heterocycles. The average Bonchev–Trinajstić information content (AvgIpc) is 3.22. The molecule has 2 aliphatic rings. The number of hydrogen-bond donors (Lipinski definition) is 0. The van der Waals surface area contributed by atoms with Gasteiger partial charge in [-0.1, -0.05) is 19.1 Å². The number of ether oxygens (including phenoxy) is 3. The Hall–Kier alpha value is -2.73. The Morgan fingerprint density at radius 2 is 1.75 bits per heavy atom. The van der Waals surface area contributed by atoms with Gasteiger partial charge in [0.1, 0.15) is 12.4 Å². The molecule has 0 aliphatic carbocycles. The molecule has 0 N–H and O–H groups in total. The van der Waals surface area contributed by atoms with Crippen molar-refractivity contribution in [2.24, 2.45) is 0 Å². The van der Waals surface area contributed by atoms with Gasteiger partial charge in [-0.15, -0.1) is 0 Å². The van der Waals surface area contributed by atoms with Gasteiger partial charge in [-0.2, -0.15) is 0 Å². The van der Waals surface area contributed by atoms with Crippen LogP contribution in [-0.4, -0.2) is 61.8 Å². The normalized spacial score (nSPS) is 16.2. The molecule has 2 aromatic rings. The smallest absolute Gasteiger partial charge is 0.253 e. The van der Waals surface area contributed by atoms with Crippen LogP contribution < -0.4 is 14.2 Å². The van der Waals surface area contributed by atoms with Crippen molar-refractivity contribution in [3.63, 3.8) is 0 Å². The van der Waals surface area contributed by atoms with Crippen LogP contribution in [0.5, 0.6) is 17.2 Å². The van der Waals surface area contributed by atoms with Gasteiger partial charge in [-0.05, 0) is 36.2 Å². The van der Waals surface area contributed by atoms with E-state index in [1.807, 2.05) is 47.4 Å². The summed E-state index contributed by atoms with van der Waals surface area (Å²) in [7, 11) is 0. The first-order chi connectivity index (χ1) is 13.7. The minimum atomic E-state index is 0.124. The van der Waals surface area contributed by atoms with Crippen LogP contribution in [0.25, 0.3) is 0 Å². The molecule has 148 valence electrons. The summed E-state index contributed by atoms with van der Waals surface area (Å²) in [6.07, 6.45) is 0.988. The summed E-state index contributed by atoms with van der Waals surface area (Å²) in [5.41, 5.74) is 2.03. The number of fused-ring (bicyclic) bond motifs is 1. The van der Waals surface area contributed by atoms with E-state index in [0.29, 0.717) is 6.61 Å².